The third-order valence-electron chi connectivity index (χ3n) is 3.87. The van der Waals surface area contributed by atoms with Gasteiger partial charge in [0.2, 0.25) is 0 Å². The van der Waals surface area contributed by atoms with E-state index >= 15 is 0 Å². The summed E-state index contributed by atoms with van der Waals surface area (Å²) in [6.07, 6.45) is -0.152. The van der Waals surface area contributed by atoms with Gasteiger partial charge in [0.05, 0.1) is 6.54 Å². The van der Waals surface area contributed by atoms with Gasteiger partial charge in [0, 0.05) is 13.6 Å². The van der Waals surface area contributed by atoms with Crippen LogP contribution in [0.2, 0.25) is 0 Å². The van der Waals surface area contributed by atoms with Crippen LogP contribution in [0.25, 0.3) is 0 Å². The first-order chi connectivity index (χ1) is 13.1. The zero-order valence-electron chi connectivity index (χ0n) is 15.2. The standard InChI is InChI=1S/C19H21F2N3O3.HI/c1-22-19(23-10-13-5-4-6-14(9-13)27-18(20)21)24-11-15-12-25-16-7-2-3-8-17(16)26-15;/h2-9,15,18H,10-12H2,1H3,(H2,22,23,24);1H. The van der Waals surface area contributed by atoms with Crippen LogP contribution in [0.4, 0.5) is 8.78 Å². The van der Waals surface area contributed by atoms with Gasteiger partial charge in [-0.15, -0.1) is 24.0 Å². The third-order valence-corrected chi connectivity index (χ3v) is 3.87. The molecule has 0 radical (unpaired) electrons. The minimum absolute atomic E-state index is 0. The van der Waals surface area contributed by atoms with Crippen molar-refractivity contribution >= 4 is 29.9 Å². The number of alkyl halides is 2. The lowest BCUT2D eigenvalue weighted by Crippen LogP contribution is -2.45. The maximum absolute atomic E-state index is 12.3. The second-order valence-electron chi connectivity index (χ2n) is 5.83. The summed E-state index contributed by atoms with van der Waals surface area (Å²) in [6, 6.07) is 14.0. The van der Waals surface area contributed by atoms with E-state index in [1.807, 2.05) is 30.3 Å². The monoisotopic (exact) mass is 505 g/mol. The molecule has 6 nitrogen and oxygen atoms in total. The van der Waals surface area contributed by atoms with E-state index < -0.39 is 6.61 Å². The molecule has 0 aliphatic carbocycles. The lowest BCUT2D eigenvalue weighted by Gasteiger charge is -2.27. The summed E-state index contributed by atoms with van der Waals surface area (Å²) in [5.41, 5.74) is 0.794. The van der Waals surface area contributed by atoms with E-state index in [2.05, 4.69) is 20.4 Å². The van der Waals surface area contributed by atoms with E-state index in [0.717, 1.165) is 11.3 Å². The molecule has 0 saturated heterocycles. The van der Waals surface area contributed by atoms with Crippen molar-refractivity contribution in [2.45, 2.75) is 19.3 Å². The minimum Gasteiger partial charge on any atom is -0.486 e. The predicted octanol–water partition coefficient (Wildman–Crippen LogP) is 3.41. The van der Waals surface area contributed by atoms with Crippen molar-refractivity contribution in [2.24, 2.45) is 4.99 Å². The van der Waals surface area contributed by atoms with Gasteiger partial charge < -0.3 is 24.8 Å². The van der Waals surface area contributed by atoms with Crippen molar-refractivity contribution in [3.8, 4) is 17.2 Å². The number of halogens is 3. The highest BCUT2D eigenvalue weighted by molar-refractivity contribution is 14.0. The van der Waals surface area contributed by atoms with Crippen molar-refractivity contribution in [2.75, 3.05) is 20.2 Å². The zero-order valence-corrected chi connectivity index (χ0v) is 17.6. The average Bonchev–Trinajstić information content (AvgIpc) is 2.68. The molecule has 2 aromatic rings. The number of para-hydroxylation sites is 2. The molecule has 2 aromatic carbocycles. The number of fused-ring (bicyclic) bond motifs is 1. The Balaban J connectivity index is 0.00000280. The molecule has 0 saturated carbocycles. The topological polar surface area (TPSA) is 64.1 Å². The summed E-state index contributed by atoms with van der Waals surface area (Å²) in [4.78, 5) is 4.15. The van der Waals surface area contributed by atoms with Crippen molar-refractivity contribution in [3.63, 3.8) is 0 Å². The normalized spacial score (nSPS) is 15.6. The number of nitrogens with zero attached hydrogens (tertiary/aromatic N) is 1. The predicted molar refractivity (Wildman–Crippen MR) is 113 cm³/mol. The Bertz CT molecular complexity index is 793. The average molecular weight is 505 g/mol. The molecule has 1 aliphatic rings. The van der Waals surface area contributed by atoms with Crippen LogP contribution in [-0.4, -0.2) is 38.9 Å². The maximum Gasteiger partial charge on any atom is 0.387 e. The lowest BCUT2D eigenvalue weighted by molar-refractivity contribution is -0.0498. The second-order valence-corrected chi connectivity index (χ2v) is 5.83. The third kappa shape index (κ3) is 6.39. The maximum atomic E-state index is 12.3. The Morgan fingerprint density at radius 3 is 2.71 bits per heavy atom. The first-order valence-corrected chi connectivity index (χ1v) is 8.51. The molecule has 0 spiro atoms. The molecule has 1 heterocycles. The number of hydrogen-bond acceptors (Lipinski definition) is 4. The molecule has 0 bridgehead atoms. The molecule has 0 fully saturated rings. The molecule has 2 N–H and O–H groups in total. The fourth-order valence-electron chi connectivity index (χ4n) is 2.61. The number of aliphatic imine (C=N–C) groups is 1. The van der Waals surface area contributed by atoms with Crippen LogP contribution in [0.3, 0.4) is 0 Å². The van der Waals surface area contributed by atoms with Crippen LogP contribution >= 0.6 is 24.0 Å². The van der Waals surface area contributed by atoms with E-state index in [1.54, 1.807) is 19.2 Å². The van der Waals surface area contributed by atoms with Gasteiger partial charge in [-0.25, -0.2) is 0 Å². The van der Waals surface area contributed by atoms with Crippen LogP contribution in [0.15, 0.2) is 53.5 Å². The quantitative estimate of drug-likeness (QED) is 0.358. The number of rotatable bonds is 6. The van der Waals surface area contributed by atoms with E-state index in [0.29, 0.717) is 31.4 Å². The van der Waals surface area contributed by atoms with Gasteiger partial charge in [0.1, 0.15) is 18.5 Å². The molecule has 28 heavy (non-hydrogen) atoms. The van der Waals surface area contributed by atoms with Gasteiger partial charge in [0.25, 0.3) is 0 Å². The van der Waals surface area contributed by atoms with Crippen LogP contribution in [-0.2, 0) is 6.54 Å². The number of hydrogen-bond donors (Lipinski definition) is 2. The second kappa shape index (κ2) is 10.9. The molecule has 1 unspecified atom stereocenters. The van der Waals surface area contributed by atoms with Crippen LogP contribution in [0.5, 0.6) is 17.2 Å². The van der Waals surface area contributed by atoms with Crippen LogP contribution in [0.1, 0.15) is 5.56 Å². The van der Waals surface area contributed by atoms with Gasteiger partial charge in [-0.05, 0) is 29.8 Å². The molecule has 3 rings (SSSR count). The van der Waals surface area contributed by atoms with Crippen molar-refractivity contribution in [1.29, 1.82) is 0 Å². The fourth-order valence-corrected chi connectivity index (χ4v) is 2.61. The summed E-state index contributed by atoms with van der Waals surface area (Å²) < 4.78 is 40.6. The molecule has 1 atom stereocenters. The molecule has 0 aromatic heterocycles. The van der Waals surface area contributed by atoms with Crippen LogP contribution < -0.4 is 24.8 Å². The van der Waals surface area contributed by atoms with Gasteiger partial charge in [-0.2, -0.15) is 8.78 Å². The molecule has 1 aliphatic heterocycles. The van der Waals surface area contributed by atoms with Gasteiger partial charge in [0.15, 0.2) is 17.5 Å². The first kappa shape index (κ1) is 22.0. The van der Waals surface area contributed by atoms with Gasteiger partial charge in [-0.1, -0.05) is 24.3 Å². The van der Waals surface area contributed by atoms with Crippen LogP contribution in [0, 0.1) is 0 Å². The summed E-state index contributed by atoms with van der Waals surface area (Å²) >= 11 is 0. The lowest BCUT2D eigenvalue weighted by atomic mass is 10.2. The van der Waals surface area contributed by atoms with Crippen molar-refractivity contribution in [1.82, 2.24) is 10.6 Å². The highest BCUT2D eigenvalue weighted by Gasteiger charge is 2.20. The number of guanidine groups is 1. The Morgan fingerprint density at radius 2 is 1.96 bits per heavy atom. The van der Waals surface area contributed by atoms with Gasteiger partial charge in [-0.3, -0.25) is 4.99 Å². The van der Waals surface area contributed by atoms with E-state index in [1.165, 1.54) is 6.07 Å². The zero-order chi connectivity index (χ0) is 19.1. The Labute approximate surface area is 179 Å². The molecule has 0 amide bonds. The molecular weight excluding hydrogens is 483 g/mol. The highest BCUT2D eigenvalue weighted by atomic mass is 127. The highest BCUT2D eigenvalue weighted by Crippen LogP contribution is 2.30. The Hall–Kier alpha value is -2.30. The van der Waals surface area contributed by atoms with E-state index in [4.69, 9.17) is 9.47 Å². The van der Waals surface area contributed by atoms with Crippen molar-refractivity contribution < 1.29 is 23.0 Å². The van der Waals surface area contributed by atoms with Crippen molar-refractivity contribution in [3.05, 3.63) is 54.1 Å². The summed E-state index contributed by atoms with van der Waals surface area (Å²) in [7, 11) is 1.65. The summed E-state index contributed by atoms with van der Waals surface area (Å²) in [5.74, 6) is 2.15. The smallest absolute Gasteiger partial charge is 0.387 e. The molecule has 152 valence electrons. The number of benzene rings is 2. The Kier molecular flexibility index (Phi) is 8.55. The minimum atomic E-state index is -2.84. The van der Waals surface area contributed by atoms with E-state index in [-0.39, 0.29) is 35.8 Å². The van der Waals surface area contributed by atoms with Gasteiger partial charge >= 0.3 is 6.61 Å². The number of nitrogens with one attached hydrogen (secondary N) is 2. The Morgan fingerprint density at radius 1 is 1.18 bits per heavy atom. The number of ether oxygens (including phenoxy) is 3. The largest absolute Gasteiger partial charge is 0.486 e. The summed E-state index contributed by atoms with van der Waals surface area (Å²) in [5, 5.41) is 6.29. The fraction of sp³-hybridized carbons (Fsp3) is 0.316. The summed E-state index contributed by atoms with van der Waals surface area (Å²) in [6.45, 7) is -1.49. The first-order valence-electron chi connectivity index (χ1n) is 8.51. The molecular formula is C19H22F2IN3O3. The SMILES string of the molecule is CN=C(NCc1cccc(OC(F)F)c1)NCC1COc2ccccc2O1.I. The molecule has 9 heteroatoms. The van der Waals surface area contributed by atoms with E-state index in [9.17, 15) is 8.78 Å².